The number of hydrogen-bond acceptors (Lipinski definition) is 3. The van der Waals surface area contributed by atoms with Crippen molar-refractivity contribution in [3.8, 4) is 0 Å². The summed E-state index contributed by atoms with van der Waals surface area (Å²) in [5.41, 5.74) is 1.33. The molecule has 2 aromatic heterocycles. The van der Waals surface area contributed by atoms with Crippen LogP contribution in [0.15, 0.2) is 33.6 Å². The number of amides is 1. The van der Waals surface area contributed by atoms with Crippen molar-refractivity contribution < 1.29 is 9.32 Å². The molecule has 0 unspecified atom stereocenters. The molecule has 5 nitrogen and oxygen atoms in total. The Labute approximate surface area is 107 Å². The lowest BCUT2D eigenvalue weighted by Crippen LogP contribution is -2.25. The minimum absolute atomic E-state index is 0.124. The first kappa shape index (κ1) is 11.9. The van der Waals surface area contributed by atoms with Crippen molar-refractivity contribution in [2.45, 2.75) is 20.0 Å². The van der Waals surface area contributed by atoms with Gasteiger partial charge in [-0.15, -0.1) is 0 Å². The molecule has 2 heterocycles. The minimum Gasteiger partial charge on any atom is -0.364 e. The van der Waals surface area contributed by atoms with Crippen molar-refractivity contribution >= 4 is 21.8 Å². The lowest BCUT2D eigenvalue weighted by molar-refractivity contribution is 0.0941. The molecule has 0 spiro atoms. The molecule has 0 saturated carbocycles. The van der Waals surface area contributed by atoms with Crippen LogP contribution in [-0.4, -0.2) is 15.6 Å². The van der Waals surface area contributed by atoms with Crippen LogP contribution in [0.1, 0.15) is 23.1 Å². The normalized spacial score (nSPS) is 10.5. The Morgan fingerprint density at radius 3 is 3.12 bits per heavy atom. The van der Waals surface area contributed by atoms with Crippen molar-refractivity contribution in [2.75, 3.05) is 0 Å². The zero-order chi connectivity index (χ0) is 12.3. The zero-order valence-electron chi connectivity index (χ0n) is 9.31. The maximum Gasteiger partial charge on any atom is 0.268 e. The number of hydrogen-bond donors (Lipinski definition) is 1. The topological polar surface area (TPSA) is 60.1 Å². The number of aromatic nitrogens is 2. The van der Waals surface area contributed by atoms with Crippen molar-refractivity contribution in [1.82, 2.24) is 15.0 Å². The van der Waals surface area contributed by atoms with Crippen LogP contribution in [0.2, 0.25) is 0 Å². The molecule has 1 N–H and O–H groups in total. The van der Waals surface area contributed by atoms with E-state index in [2.05, 4.69) is 30.9 Å². The number of nitrogens with one attached hydrogen (secondary N) is 1. The van der Waals surface area contributed by atoms with E-state index in [1.165, 1.54) is 6.26 Å². The average molecular weight is 298 g/mol. The van der Waals surface area contributed by atoms with Gasteiger partial charge in [-0.1, -0.05) is 5.16 Å². The van der Waals surface area contributed by atoms with E-state index in [-0.39, 0.29) is 5.91 Å². The van der Waals surface area contributed by atoms with Gasteiger partial charge in [0.15, 0.2) is 0 Å². The number of aryl methyl sites for hydroxylation is 1. The SMILES string of the molecule is CCn1cc(Br)cc1C(=O)NCc1ccon1. The van der Waals surface area contributed by atoms with Gasteiger partial charge in [-0.25, -0.2) is 0 Å². The fourth-order valence-electron chi connectivity index (χ4n) is 1.52. The van der Waals surface area contributed by atoms with Crippen LogP contribution in [0, 0.1) is 0 Å². The maximum atomic E-state index is 11.9. The summed E-state index contributed by atoms with van der Waals surface area (Å²) < 4.78 is 7.46. The van der Waals surface area contributed by atoms with Crippen LogP contribution in [0.5, 0.6) is 0 Å². The summed E-state index contributed by atoms with van der Waals surface area (Å²) in [6, 6.07) is 3.51. The van der Waals surface area contributed by atoms with E-state index in [0.29, 0.717) is 17.9 Å². The van der Waals surface area contributed by atoms with Crippen LogP contribution in [-0.2, 0) is 13.1 Å². The van der Waals surface area contributed by atoms with Gasteiger partial charge in [-0.05, 0) is 28.9 Å². The molecule has 0 bridgehead atoms. The molecule has 2 rings (SSSR count). The van der Waals surface area contributed by atoms with Crippen LogP contribution in [0.3, 0.4) is 0 Å². The summed E-state index contributed by atoms with van der Waals surface area (Å²) in [5, 5.41) is 6.51. The lowest BCUT2D eigenvalue weighted by atomic mass is 10.3. The quantitative estimate of drug-likeness (QED) is 0.941. The Morgan fingerprint density at radius 2 is 2.47 bits per heavy atom. The van der Waals surface area contributed by atoms with E-state index >= 15 is 0 Å². The fraction of sp³-hybridized carbons (Fsp3) is 0.273. The summed E-state index contributed by atoms with van der Waals surface area (Å²) in [5.74, 6) is -0.124. The molecule has 0 atom stereocenters. The van der Waals surface area contributed by atoms with E-state index in [1.54, 1.807) is 12.1 Å². The molecular weight excluding hydrogens is 286 g/mol. The van der Waals surface area contributed by atoms with Gasteiger partial charge in [0.25, 0.3) is 5.91 Å². The monoisotopic (exact) mass is 297 g/mol. The predicted molar refractivity (Wildman–Crippen MR) is 65.5 cm³/mol. The molecule has 0 aromatic carbocycles. The number of carbonyl (C=O) groups excluding carboxylic acids is 1. The molecule has 90 valence electrons. The van der Waals surface area contributed by atoms with E-state index in [9.17, 15) is 4.79 Å². The second-order valence-electron chi connectivity index (χ2n) is 3.50. The minimum atomic E-state index is -0.124. The van der Waals surface area contributed by atoms with Crippen LogP contribution < -0.4 is 5.32 Å². The molecule has 17 heavy (non-hydrogen) atoms. The fourth-order valence-corrected chi connectivity index (χ4v) is 1.98. The molecule has 6 heteroatoms. The molecular formula is C11H12BrN3O2. The van der Waals surface area contributed by atoms with E-state index < -0.39 is 0 Å². The molecule has 2 aromatic rings. The van der Waals surface area contributed by atoms with Crippen molar-refractivity contribution in [3.05, 3.63) is 40.5 Å². The highest BCUT2D eigenvalue weighted by atomic mass is 79.9. The third-order valence-electron chi connectivity index (χ3n) is 2.36. The number of rotatable bonds is 4. The highest BCUT2D eigenvalue weighted by Gasteiger charge is 2.12. The van der Waals surface area contributed by atoms with Gasteiger partial charge < -0.3 is 14.4 Å². The van der Waals surface area contributed by atoms with E-state index in [0.717, 1.165) is 11.0 Å². The highest BCUT2D eigenvalue weighted by Crippen LogP contribution is 2.14. The second kappa shape index (κ2) is 5.18. The van der Waals surface area contributed by atoms with Gasteiger partial charge in [0.1, 0.15) is 17.7 Å². The van der Waals surface area contributed by atoms with E-state index in [4.69, 9.17) is 0 Å². The Hall–Kier alpha value is -1.56. The first-order valence-electron chi connectivity index (χ1n) is 5.24. The largest absolute Gasteiger partial charge is 0.364 e. The number of halogens is 1. The summed E-state index contributed by atoms with van der Waals surface area (Å²) in [4.78, 5) is 11.9. The Kier molecular flexibility index (Phi) is 3.63. The standard InChI is InChI=1S/C11H12BrN3O2/c1-2-15-7-8(12)5-10(15)11(16)13-6-9-3-4-17-14-9/h3-5,7H,2,6H2,1H3,(H,13,16). The van der Waals surface area contributed by atoms with Gasteiger partial charge in [0.2, 0.25) is 0 Å². The molecule has 1 amide bonds. The summed E-state index contributed by atoms with van der Waals surface area (Å²) >= 11 is 3.35. The van der Waals surface area contributed by atoms with Gasteiger partial charge in [-0.3, -0.25) is 4.79 Å². The Bertz CT molecular complexity index is 505. The first-order valence-corrected chi connectivity index (χ1v) is 6.03. The van der Waals surface area contributed by atoms with Gasteiger partial charge >= 0.3 is 0 Å². The lowest BCUT2D eigenvalue weighted by Gasteiger charge is -2.05. The molecule has 0 fully saturated rings. The maximum absolute atomic E-state index is 11.9. The highest BCUT2D eigenvalue weighted by molar-refractivity contribution is 9.10. The molecule has 0 aliphatic rings. The summed E-state index contributed by atoms with van der Waals surface area (Å²) in [7, 11) is 0. The smallest absolute Gasteiger partial charge is 0.268 e. The van der Waals surface area contributed by atoms with Crippen LogP contribution in [0.25, 0.3) is 0 Å². The first-order chi connectivity index (χ1) is 8.20. The van der Waals surface area contributed by atoms with Gasteiger partial charge in [0, 0.05) is 23.3 Å². The van der Waals surface area contributed by atoms with Crippen molar-refractivity contribution in [3.63, 3.8) is 0 Å². The zero-order valence-corrected chi connectivity index (χ0v) is 10.9. The Balaban J connectivity index is 2.04. The van der Waals surface area contributed by atoms with Crippen molar-refractivity contribution in [1.29, 1.82) is 0 Å². The Morgan fingerprint density at radius 1 is 1.65 bits per heavy atom. The molecule has 0 saturated heterocycles. The third-order valence-corrected chi connectivity index (χ3v) is 2.79. The third kappa shape index (κ3) is 2.76. The van der Waals surface area contributed by atoms with Crippen LogP contribution >= 0.6 is 15.9 Å². The second-order valence-corrected chi connectivity index (χ2v) is 4.42. The predicted octanol–water partition coefficient (Wildman–Crippen LogP) is 2.19. The number of carbonyl (C=O) groups is 1. The summed E-state index contributed by atoms with van der Waals surface area (Å²) in [6.07, 6.45) is 3.36. The van der Waals surface area contributed by atoms with Gasteiger partial charge in [-0.2, -0.15) is 0 Å². The van der Waals surface area contributed by atoms with Crippen molar-refractivity contribution in [2.24, 2.45) is 0 Å². The van der Waals surface area contributed by atoms with Crippen LogP contribution in [0.4, 0.5) is 0 Å². The molecule has 0 radical (unpaired) electrons. The average Bonchev–Trinajstić information content (AvgIpc) is 2.94. The van der Waals surface area contributed by atoms with Gasteiger partial charge in [0.05, 0.1) is 6.54 Å². The number of nitrogens with zero attached hydrogens (tertiary/aromatic N) is 2. The summed E-state index contributed by atoms with van der Waals surface area (Å²) in [6.45, 7) is 3.10. The van der Waals surface area contributed by atoms with E-state index in [1.807, 2.05) is 17.7 Å². The molecule has 0 aliphatic carbocycles. The molecule has 0 aliphatic heterocycles.